The third-order valence-corrected chi connectivity index (χ3v) is 6.87. The van der Waals surface area contributed by atoms with E-state index in [-0.39, 0.29) is 17.8 Å². The van der Waals surface area contributed by atoms with E-state index in [1.165, 1.54) is 5.56 Å². The predicted molar refractivity (Wildman–Crippen MR) is 132 cm³/mol. The van der Waals surface area contributed by atoms with Gasteiger partial charge in [-0.1, -0.05) is 30.3 Å². The Bertz CT molecular complexity index is 1170. The van der Waals surface area contributed by atoms with Crippen molar-refractivity contribution in [2.75, 3.05) is 19.7 Å². The quantitative estimate of drug-likeness (QED) is 0.480. The second-order valence-corrected chi connectivity index (χ2v) is 9.26. The van der Waals surface area contributed by atoms with Crippen molar-refractivity contribution in [3.63, 3.8) is 0 Å². The van der Waals surface area contributed by atoms with Gasteiger partial charge in [0, 0.05) is 38.2 Å². The summed E-state index contributed by atoms with van der Waals surface area (Å²) in [6.07, 6.45) is 5.25. The van der Waals surface area contributed by atoms with Gasteiger partial charge in [-0.15, -0.1) is 0 Å². The van der Waals surface area contributed by atoms with E-state index in [9.17, 15) is 9.59 Å². The molecule has 0 saturated carbocycles. The van der Waals surface area contributed by atoms with Crippen molar-refractivity contribution in [1.82, 2.24) is 14.5 Å². The number of rotatable bonds is 6. The lowest BCUT2D eigenvalue weighted by Gasteiger charge is -2.31. The van der Waals surface area contributed by atoms with Gasteiger partial charge in [-0.2, -0.15) is 0 Å². The molecule has 5 rings (SSSR count). The zero-order valence-electron chi connectivity index (χ0n) is 20.1. The van der Waals surface area contributed by atoms with Crippen molar-refractivity contribution >= 4 is 11.9 Å². The molecule has 2 aromatic carbocycles. The number of carbonyl (C=O) groups is 2. The normalized spacial score (nSPS) is 19.6. The Hall–Kier alpha value is -3.61. The van der Waals surface area contributed by atoms with Gasteiger partial charge in [-0.3, -0.25) is 9.59 Å². The Morgan fingerprint density at radius 2 is 1.77 bits per heavy atom. The molecular weight excluding hydrogens is 442 g/mol. The van der Waals surface area contributed by atoms with E-state index in [1.807, 2.05) is 48.7 Å². The predicted octanol–water partition coefficient (Wildman–Crippen LogP) is 4.82. The Kier molecular flexibility index (Phi) is 6.84. The number of esters is 1. The molecule has 1 amide bonds. The van der Waals surface area contributed by atoms with Crippen molar-refractivity contribution in [3.05, 3.63) is 77.9 Å². The number of carbonyl (C=O) groups excluding carboxylic acids is 2. The van der Waals surface area contributed by atoms with Crippen LogP contribution < -0.4 is 4.74 Å². The molecule has 3 aromatic rings. The molecular formula is C28H31N3O4. The maximum absolute atomic E-state index is 13.2. The van der Waals surface area contributed by atoms with Crippen molar-refractivity contribution in [3.8, 4) is 11.5 Å². The smallest absolute Gasteiger partial charge is 0.310 e. The maximum atomic E-state index is 13.2. The van der Waals surface area contributed by atoms with Gasteiger partial charge in [0.2, 0.25) is 0 Å². The molecule has 2 atom stereocenters. The molecule has 35 heavy (non-hydrogen) atoms. The number of benzene rings is 2. The summed E-state index contributed by atoms with van der Waals surface area (Å²) >= 11 is 0. The highest BCUT2D eigenvalue weighted by atomic mass is 16.5. The van der Waals surface area contributed by atoms with Gasteiger partial charge in [0.15, 0.2) is 0 Å². The summed E-state index contributed by atoms with van der Waals surface area (Å²) in [5.41, 5.74) is 1.72. The number of piperidine rings is 1. The fourth-order valence-electron chi connectivity index (χ4n) is 5.03. The first kappa shape index (κ1) is 23.1. The minimum Gasteiger partial charge on any atom is -0.466 e. The van der Waals surface area contributed by atoms with Crippen molar-refractivity contribution in [1.29, 1.82) is 0 Å². The van der Waals surface area contributed by atoms with Crippen LogP contribution >= 0.6 is 0 Å². The fraction of sp³-hybridized carbons (Fsp3) is 0.393. The molecule has 0 bridgehead atoms. The van der Waals surface area contributed by atoms with Gasteiger partial charge in [-0.05, 0) is 56.0 Å². The van der Waals surface area contributed by atoms with Crippen LogP contribution in [0.4, 0.5) is 0 Å². The van der Waals surface area contributed by atoms with E-state index in [0.717, 1.165) is 49.6 Å². The molecule has 182 valence electrons. The fourth-order valence-corrected chi connectivity index (χ4v) is 5.03. The molecule has 0 radical (unpaired) electrons. The molecule has 3 heterocycles. The van der Waals surface area contributed by atoms with Crippen LogP contribution in [-0.4, -0.2) is 46.0 Å². The van der Waals surface area contributed by atoms with Crippen molar-refractivity contribution < 1.29 is 19.1 Å². The molecule has 2 aliphatic rings. The average Bonchev–Trinajstić information content (AvgIpc) is 3.33. The average molecular weight is 474 g/mol. The topological polar surface area (TPSA) is 73.7 Å². The molecule has 7 nitrogen and oxygen atoms in total. The number of hydrogen-bond acceptors (Lipinski definition) is 5. The number of nitrogens with zero attached hydrogens (tertiary/aromatic N) is 3. The minimum atomic E-state index is -0.247. The molecule has 2 aliphatic heterocycles. The van der Waals surface area contributed by atoms with E-state index in [0.29, 0.717) is 31.3 Å². The van der Waals surface area contributed by atoms with Crippen molar-refractivity contribution in [2.24, 2.45) is 5.92 Å². The van der Waals surface area contributed by atoms with E-state index < -0.39 is 0 Å². The highest BCUT2D eigenvalue weighted by molar-refractivity contribution is 5.92. The van der Waals surface area contributed by atoms with Gasteiger partial charge in [0.05, 0.1) is 12.5 Å². The van der Waals surface area contributed by atoms with Crippen LogP contribution in [0.2, 0.25) is 0 Å². The third kappa shape index (κ3) is 5.24. The summed E-state index contributed by atoms with van der Waals surface area (Å²) in [6.45, 7) is 4.01. The molecule has 0 aliphatic carbocycles. The summed E-state index contributed by atoms with van der Waals surface area (Å²) in [4.78, 5) is 31.7. The summed E-state index contributed by atoms with van der Waals surface area (Å²) < 4.78 is 13.2. The lowest BCUT2D eigenvalue weighted by Crippen LogP contribution is -2.43. The third-order valence-electron chi connectivity index (χ3n) is 6.87. The molecule has 7 heteroatoms. The molecule has 1 fully saturated rings. The number of amides is 1. The van der Waals surface area contributed by atoms with Gasteiger partial charge in [0.25, 0.3) is 5.91 Å². The number of fused-ring (bicyclic) bond motifs is 1. The van der Waals surface area contributed by atoms with E-state index in [4.69, 9.17) is 9.47 Å². The Morgan fingerprint density at radius 1 is 1.00 bits per heavy atom. The molecule has 0 spiro atoms. The van der Waals surface area contributed by atoms with Crippen LogP contribution in [0.3, 0.4) is 0 Å². The number of aryl methyl sites for hydroxylation is 1. The molecule has 0 N–H and O–H groups in total. The van der Waals surface area contributed by atoms with Gasteiger partial charge >= 0.3 is 5.97 Å². The summed E-state index contributed by atoms with van der Waals surface area (Å²) in [5.74, 6) is 2.39. The zero-order valence-corrected chi connectivity index (χ0v) is 20.1. The van der Waals surface area contributed by atoms with E-state index >= 15 is 0 Å². The van der Waals surface area contributed by atoms with Crippen LogP contribution in [-0.2, 0) is 22.5 Å². The SMILES string of the molecule is CCOC(=O)[C@@H]1CCCN(C(=O)c2cn3c(n2)CC[C@H](c2ccc(Oc4ccccc4)cc2)C3)C1. The summed E-state index contributed by atoms with van der Waals surface area (Å²) in [7, 11) is 0. The largest absolute Gasteiger partial charge is 0.466 e. The van der Waals surface area contributed by atoms with Crippen LogP contribution in [0.15, 0.2) is 60.8 Å². The first-order valence-electron chi connectivity index (χ1n) is 12.5. The van der Waals surface area contributed by atoms with Crippen molar-refractivity contribution in [2.45, 2.75) is 45.1 Å². The number of ether oxygens (including phenoxy) is 2. The Morgan fingerprint density at radius 3 is 2.54 bits per heavy atom. The van der Waals surface area contributed by atoms with Crippen LogP contribution in [0.25, 0.3) is 0 Å². The number of hydrogen-bond donors (Lipinski definition) is 0. The molecule has 0 unspecified atom stereocenters. The summed E-state index contributed by atoms with van der Waals surface area (Å²) in [5, 5.41) is 0. The standard InChI is InChI=1S/C28H31N3O4/c1-2-34-28(33)22-7-6-16-30(18-22)27(32)25-19-31-17-21(12-15-26(31)29-25)20-10-13-24(14-11-20)35-23-8-4-3-5-9-23/h3-5,8-11,13-14,19,21-22H,2,6-7,12,15-18H2,1H3/t21-,22+/m0/s1. The highest BCUT2D eigenvalue weighted by Crippen LogP contribution is 2.31. The van der Waals surface area contributed by atoms with Crippen LogP contribution in [0.1, 0.15) is 54.0 Å². The first-order valence-corrected chi connectivity index (χ1v) is 12.5. The highest BCUT2D eigenvalue weighted by Gasteiger charge is 2.31. The second kappa shape index (κ2) is 10.3. The second-order valence-electron chi connectivity index (χ2n) is 9.26. The maximum Gasteiger partial charge on any atom is 0.310 e. The number of likely N-dealkylation sites (tertiary alicyclic amines) is 1. The lowest BCUT2D eigenvalue weighted by atomic mass is 9.91. The summed E-state index contributed by atoms with van der Waals surface area (Å²) in [6, 6.07) is 18.0. The van der Waals surface area contributed by atoms with Gasteiger partial charge in [-0.25, -0.2) is 4.98 Å². The monoisotopic (exact) mass is 473 g/mol. The Labute approximate surface area is 205 Å². The number of imidazole rings is 1. The lowest BCUT2D eigenvalue weighted by molar-refractivity contribution is -0.149. The first-order chi connectivity index (χ1) is 17.1. The minimum absolute atomic E-state index is 0.0973. The van der Waals surface area contributed by atoms with Crippen LogP contribution in [0.5, 0.6) is 11.5 Å². The van der Waals surface area contributed by atoms with Gasteiger partial charge < -0.3 is 18.9 Å². The van der Waals surface area contributed by atoms with E-state index in [1.54, 1.807) is 11.8 Å². The number of aromatic nitrogens is 2. The van der Waals surface area contributed by atoms with E-state index in [2.05, 4.69) is 21.7 Å². The molecule has 1 aromatic heterocycles. The zero-order chi connectivity index (χ0) is 24.2. The van der Waals surface area contributed by atoms with Gasteiger partial charge in [0.1, 0.15) is 23.0 Å². The Balaban J connectivity index is 1.23. The molecule has 1 saturated heterocycles. The van der Waals surface area contributed by atoms with Crippen LogP contribution in [0, 0.1) is 5.92 Å². The number of para-hydroxylation sites is 1.